The Morgan fingerprint density at radius 2 is 2.04 bits per heavy atom. The molecule has 2 heterocycles. The lowest BCUT2D eigenvalue weighted by molar-refractivity contribution is -0.118. The van der Waals surface area contributed by atoms with Gasteiger partial charge in [-0.1, -0.05) is 18.2 Å². The molecule has 1 aromatic heterocycles. The largest absolute Gasteiger partial charge is 0.484 e. The highest BCUT2D eigenvalue weighted by atomic mass is 32.1. The lowest BCUT2D eigenvalue weighted by Crippen LogP contribution is -2.32. The second-order valence-electron chi connectivity index (χ2n) is 7.06. The first-order valence-corrected chi connectivity index (χ1v) is 10.5. The van der Waals surface area contributed by atoms with E-state index in [9.17, 15) is 9.59 Å². The standard InChI is InChI=1S/C21H24N2O4S/c24-18(13-27-14-6-2-1-3-7-14)23-21-19(16-9-4-10-17(16)28-21)20(25)22-12-15-8-5-11-26-15/h1-3,6-7,15H,4-5,8-13H2,(H,22,25)(H,23,24)/t15-/m0/s1. The normalized spacial score (nSPS) is 17.9. The molecule has 1 fully saturated rings. The molecule has 1 saturated heterocycles. The molecule has 2 amide bonds. The average molecular weight is 401 g/mol. The van der Waals surface area contributed by atoms with Gasteiger partial charge in [0.05, 0.1) is 11.7 Å². The molecule has 7 heteroatoms. The Morgan fingerprint density at radius 1 is 1.18 bits per heavy atom. The topological polar surface area (TPSA) is 76.7 Å². The van der Waals surface area contributed by atoms with Crippen LogP contribution in [0.25, 0.3) is 0 Å². The zero-order valence-corrected chi connectivity index (χ0v) is 16.5. The van der Waals surface area contributed by atoms with Gasteiger partial charge in [-0.2, -0.15) is 0 Å². The van der Waals surface area contributed by atoms with Crippen molar-refractivity contribution in [1.29, 1.82) is 0 Å². The highest BCUT2D eigenvalue weighted by molar-refractivity contribution is 7.17. The van der Waals surface area contributed by atoms with E-state index in [1.54, 1.807) is 12.1 Å². The van der Waals surface area contributed by atoms with Crippen molar-refractivity contribution in [2.45, 2.75) is 38.2 Å². The van der Waals surface area contributed by atoms with Gasteiger partial charge in [-0.15, -0.1) is 11.3 Å². The third kappa shape index (κ3) is 4.36. The minimum absolute atomic E-state index is 0.0907. The number of carbonyl (C=O) groups excluding carboxylic acids is 2. The number of anilines is 1. The van der Waals surface area contributed by atoms with Crippen molar-refractivity contribution < 1.29 is 19.1 Å². The molecule has 2 aliphatic rings. The second-order valence-corrected chi connectivity index (χ2v) is 8.16. The average Bonchev–Trinajstić information content (AvgIpc) is 3.43. The number of ether oxygens (including phenoxy) is 2. The van der Waals surface area contributed by atoms with Gasteiger partial charge in [0.2, 0.25) is 0 Å². The van der Waals surface area contributed by atoms with E-state index < -0.39 is 0 Å². The Kier molecular flexibility index (Phi) is 5.92. The van der Waals surface area contributed by atoms with Gasteiger partial charge in [-0.25, -0.2) is 0 Å². The second kappa shape index (κ2) is 8.75. The smallest absolute Gasteiger partial charge is 0.262 e. The zero-order chi connectivity index (χ0) is 19.3. The Balaban J connectivity index is 1.41. The van der Waals surface area contributed by atoms with Gasteiger partial charge in [0, 0.05) is 18.0 Å². The van der Waals surface area contributed by atoms with Crippen LogP contribution < -0.4 is 15.4 Å². The molecular weight excluding hydrogens is 376 g/mol. The number of nitrogens with one attached hydrogen (secondary N) is 2. The van der Waals surface area contributed by atoms with E-state index in [-0.39, 0.29) is 24.5 Å². The Labute approximate surface area is 168 Å². The van der Waals surface area contributed by atoms with Crippen LogP contribution in [0.1, 0.15) is 40.1 Å². The molecule has 0 spiro atoms. The molecule has 1 aliphatic carbocycles. The maximum Gasteiger partial charge on any atom is 0.262 e. The van der Waals surface area contributed by atoms with E-state index >= 15 is 0 Å². The van der Waals surface area contributed by atoms with Crippen LogP contribution in [0.5, 0.6) is 5.75 Å². The molecule has 4 rings (SSSR count). The molecule has 28 heavy (non-hydrogen) atoms. The van der Waals surface area contributed by atoms with E-state index in [1.165, 1.54) is 16.2 Å². The summed E-state index contributed by atoms with van der Waals surface area (Å²) in [6, 6.07) is 9.20. The highest BCUT2D eigenvalue weighted by Crippen LogP contribution is 2.39. The van der Waals surface area contributed by atoms with E-state index in [4.69, 9.17) is 9.47 Å². The molecule has 6 nitrogen and oxygen atoms in total. The van der Waals surface area contributed by atoms with Crippen LogP contribution in [0.3, 0.4) is 0 Å². The summed E-state index contributed by atoms with van der Waals surface area (Å²) in [5, 5.41) is 6.49. The number of thiophene rings is 1. The first kappa shape index (κ1) is 19.0. The quantitative estimate of drug-likeness (QED) is 0.749. The minimum atomic E-state index is -0.267. The molecule has 2 aromatic rings. The van der Waals surface area contributed by atoms with Crippen molar-refractivity contribution >= 4 is 28.2 Å². The van der Waals surface area contributed by atoms with Crippen molar-refractivity contribution in [3.05, 3.63) is 46.3 Å². The molecule has 0 radical (unpaired) electrons. The number of carbonyl (C=O) groups is 2. The predicted octanol–water partition coefficient (Wildman–Crippen LogP) is 3.16. The number of amides is 2. The molecule has 0 saturated carbocycles. The summed E-state index contributed by atoms with van der Waals surface area (Å²) in [6.45, 7) is 1.18. The molecule has 1 aliphatic heterocycles. The number of para-hydroxylation sites is 1. The first-order valence-electron chi connectivity index (χ1n) is 9.73. The van der Waals surface area contributed by atoms with Gasteiger partial charge < -0.3 is 20.1 Å². The van der Waals surface area contributed by atoms with Crippen molar-refractivity contribution in [3.8, 4) is 5.75 Å². The van der Waals surface area contributed by atoms with Crippen molar-refractivity contribution in [2.75, 3.05) is 25.1 Å². The van der Waals surface area contributed by atoms with Gasteiger partial charge in [0.15, 0.2) is 6.61 Å². The van der Waals surface area contributed by atoms with Crippen LogP contribution in [0.4, 0.5) is 5.00 Å². The maximum atomic E-state index is 12.9. The highest BCUT2D eigenvalue weighted by Gasteiger charge is 2.28. The number of aryl methyl sites for hydroxylation is 1. The van der Waals surface area contributed by atoms with Gasteiger partial charge >= 0.3 is 0 Å². The Morgan fingerprint density at radius 3 is 2.82 bits per heavy atom. The Hall–Kier alpha value is -2.38. The molecular formula is C21H24N2O4S. The Bertz CT molecular complexity index is 844. The third-order valence-electron chi connectivity index (χ3n) is 5.03. The third-order valence-corrected chi connectivity index (χ3v) is 6.24. The van der Waals surface area contributed by atoms with Gasteiger partial charge in [-0.05, 0) is 49.8 Å². The lowest BCUT2D eigenvalue weighted by Gasteiger charge is -2.13. The molecule has 1 atom stereocenters. The first-order chi connectivity index (χ1) is 13.7. The van der Waals surface area contributed by atoms with Crippen molar-refractivity contribution in [3.63, 3.8) is 0 Å². The van der Waals surface area contributed by atoms with Crippen LogP contribution in [0.15, 0.2) is 30.3 Å². The monoisotopic (exact) mass is 400 g/mol. The van der Waals surface area contributed by atoms with Crippen LogP contribution in [0.2, 0.25) is 0 Å². The van der Waals surface area contributed by atoms with E-state index in [2.05, 4.69) is 10.6 Å². The number of fused-ring (bicyclic) bond motifs is 1. The summed E-state index contributed by atoms with van der Waals surface area (Å²) in [6.07, 6.45) is 5.00. The molecule has 148 valence electrons. The summed E-state index contributed by atoms with van der Waals surface area (Å²) >= 11 is 1.51. The van der Waals surface area contributed by atoms with Crippen molar-refractivity contribution in [2.24, 2.45) is 0 Å². The maximum absolute atomic E-state index is 12.9. The fraction of sp³-hybridized carbons (Fsp3) is 0.429. The van der Waals surface area contributed by atoms with Crippen molar-refractivity contribution in [1.82, 2.24) is 5.32 Å². The summed E-state index contributed by atoms with van der Waals surface area (Å²) in [7, 11) is 0. The molecule has 0 bridgehead atoms. The van der Waals surface area contributed by atoms with Crippen LogP contribution in [-0.4, -0.2) is 37.7 Å². The van der Waals surface area contributed by atoms with Crippen LogP contribution >= 0.6 is 11.3 Å². The lowest BCUT2D eigenvalue weighted by atomic mass is 10.1. The summed E-state index contributed by atoms with van der Waals surface area (Å²) in [5.41, 5.74) is 1.69. The van der Waals surface area contributed by atoms with E-state index in [0.29, 0.717) is 22.9 Å². The number of hydrogen-bond acceptors (Lipinski definition) is 5. The number of benzene rings is 1. The van der Waals surface area contributed by atoms with Crippen LogP contribution in [-0.2, 0) is 22.4 Å². The fourth-order valence-electron chi connectivity index (χ4n) is 3.66. The SMILES string of the molecule is O=C(COc1ccccc1)Nc1sc2c(c1C(=O)NC[C@@H]1CCCO1)CCC2. The van der Waals surface area contributed by atoms with Gasteiger partial charge in [0.1, 0.15) is 10.8 Å². The number of hydrogen-bond donors (Lipinski definition) is 2. The number of rotatable bonds is 7. The van der Waals surface area contributed by atoms with E-state index in [1.807, 2.05) is 18.2 Å². The van der Waals surface area contributed by atoms with E-state index in [0.717, 1.165) is 44.3 Å². The van der Waals surface area contributed by atoms with Gasteiger partial charge in [-0.3, -0.25) is 9.59 Å². The summed E-state index contributed by atoms with van der Waals surface area (Å²) < 4.78 is 11.1. The zero-order valence-electron chi connectivity index (χ0n) is 15.7. The summed E-state index contributed by atoms with van der Waals surface area (Å²) in [5.74, 6) is 0.243. The molecule has 2 N–H and O–H groups in total. The molecule has 0 unspecified atom stereocenters. The predicted molar refractivity (Wildman–Crippen MR) is 108 cm³/mol. The van der Waals surface area contributed by atoms with Gasteiger partial charge in [0.25, 0.3) is 11.8 Å². The molecule has 1 aromatic carbocycles. The minimum Gasteiger partial charge on any atom is -0.484 e. The van der Waals surface area contributed by atoms with Crippen LogP contribution in [0, 0.1) is 0 Å². The fourth-order valence-corrected chi connectivity index (χ4v) is 4.96. The summed E-state index contributed by atoms with van der Waals surface area (Å²) in [4.78, 5) is 26.4.